The molecule has 0 atom stereocenters. The van der Waals surface area contributed by atoms with Gasteiger partial charge in [0.2, 0.25) is 0 Å². The van der Waals surface area contributed by atoms with Gasteiger partial charge in [0.05, 0.1) is 0 Å². The Morgan fingerprint density at radius 1 is 0.963 bits per heavy atom. The maximum absolute atomic E-state index is 12.0. The molecule has 3 aromatic carbocycles. The van der Waals surface area contributed by atoms with Crippen molar-refractivity contribution in [2.45, 2.75) is 19.3 Å². The lowest BCUT2D eigenvalue weighted by Gasteiger charge is -2.26. The van der Waals surface area contributed by atoms with E-state index in [-0.39, 0.29) is 11.2 Å². The van der Waals surface area contributed by atoms with Gasteiger partial charge in [0.1, 0.15) is 11.5 Å². The normalized spacial score (nSPS) is 11.1. The second-order valence-electron chi connectivity index (χ2n) is 6.72. The van der Waals surface area contributed by atoms with E-state index in [1.165, 1.54) is 0 Å². The summed E-state index contributed by atoms with van der Waals surface area (Å²) in [7, 11) is 0. The number of phenols is 1. The van der Waals surface area contributed by atoms with Gasteiger partial charge in [-0.2, -0.15) is 0 Å². The number of carbonyl (C=O) groups is 1. The molecule has 0 unspecified atom stereocenters. The predicted octanol–water partition coefficient (Wildman–Crippen LogP) is 6.09. The van der Waals surface area contributed by atoms with Crippen molar-refractivity contribution in [3.05, 3.63) is 88.4 Å². The predicted molar refractivity (Wildman–Crippen MR) is 110 cm³/mol. The summed E-state index contributed by atoms with van der Waals surface area (Å²) >= 11 is 3.34. The van der Waals surface area contributed by atoms with Crippen LogP contribution in [0.15, 0.2) is 77.3 Å². The topological polar surface area (TPSA) is 58.6 Å². The monoisotopic (exact) mass is 425 g/mol. The van der Waals surface area contributed by atoms with Crippen molar-refractivity contribution in [2.24, 2.45) is 0 Å². The van der Waals surface area contributed by atoms with Crippen LogP contribution in [-0.4, -0.2) is 11.2 Å². The molecule has 27 heavy (non-hydrogen) atoms. The van der Waals surface area contributed by atoms with Gasteiger partial charge in [0.15, 0.2) is 0 Å². The maximum Gasteiger partial charge on any atom is 0.417 e. The van der Waals surface area contributed by atoms with Crippen molar-refractivity contribution in [1.29, 1.82) is 0 Å². The Morgan fingerprint density at radius 2 is 1.63 bits per heavy atom. The molecular formula is C22H20BrNO3. The van der Waals surface area contributed by atoms with Crippen LogP contribution in [-0.2, 0) is 5.41 Å². The molecular weight excluding hydrogens is 406 g/mol. The average molecular weight is 426 g/mol. The van der Waals surface area contributed by atoms with Crippen molar-refractivity contribution in [3.8, 4) is 11.5 Å². The Kier molecular flexibility index (Phi) is 5.51. The Hall–Kier alpha value is -2.79. The lowest BCUT2D eigenvalue weighted by atomic mass is 9.78. The van der Waals surface area contributed by atoms with Gasteiger partial charge >= 0.3 is 6.09 Å². The summed E-state index contributed by atoms with van der Waals surface area (Å²) < 4.78 is 6.17. The Balaban J connectivity index is 1.69. The highest BCUT2D eigenvalue weighted by atomic mass is 79.9. The van der Waals surface area contributed by atoms with Crippen molar-refractivity contribution in [3.63, 3.8) is 0 Å². The van der Waals surface area contributed by atoms with Crippen molar-refractivity contribution in [1.82, 2.24) is 0 Å². The molecule has 0 bridgehead atoms. The van der Waals surface area contributed by atoms with Crippen molar-refractivity contribution < 1.29 is 14.6 Å². The molecule has 4 nitrogen and oxygen atoms in total. The number of hydrogen-bond donors (Lipinski definition) is 2. The number of rotatable bonds is 4. The van der Waals surface area contributed by atoms with E-state index in [0.717, 1.165) is 15.6 Å². The van der Waals surface area contributed by atoms with Crippen LogP contribution in [0, 0.1) is 0 Å². The molecule has 0 radical (unpaired) electrons. The molecule has 0 fully saturated rings. The zero-order chi connectivity index (χ0) is 19.4. The van der Waals surface area contributed by atoms with Gasteiger partial charge in [0.25, 0.3) is 0 Å². The van der Waals surface area contributed by atoms with E-state index in [1.807, 2.05) is 36.4 Å². The van der Waals surface area contributed by atoms with Gasteiger partial charge in [-0.25, -0.2) is 4.79 Å². The third-order valence-electron chi connectivity index (χ3n) is 4.45. The summed E-state index contributed by atoms with van der Waals surface area (Å²) in [6, 6.07) is 21.9. The van der Waals surface area contributed by atoms with E-state index in [0.29, 0.717) is 11.4 Å². The lowest BCUT2D eigenvalue weighted by Crippen LogP contribution is -2.19. The molecule has 0 saturated carbocycles. The fourth-order valence-corrected chi connectivity index (χ4v) is 3.05. The van der Waals surface area contributed by atoms with Crippen LogP contribution >= 0.6 is 15.9 Å². The average Bonchev–Trinajstić information content (AvgIpc) is 2.64. The fourth-order valence-electron chi connectivity index (χ4n) is 2.78. The summed E-state index contributed by atoms with van der Waals surface area (Å²) in [5, 5.41) is 12.5. The number of nitrogens with one attached hydrogen (secondary N) is 1. The van der Waals surface area contributed by atoms with Crippen LogP contribution in [0.5, 0.6) is 11.5 Å². The highest BCUT2D eigenvalue weighted by Crippen LogP contribution is 2.33. The minimum Gasteiger partial charge on any atom is -0.508 e. The number of carbonyl (C=O) groups excluding carboxylic acids is 1. The number of anilines is 1. The van der Waals surface area contributed by atoms with E-state index >= 15 is 0 Å². The summed E-state index contributed by atoms with van der Waals surface area (Å²) in [4.78, 5) is 12.0. The quantitative estimate of drug-likeness (QED) is 0.531. The van der Waals surface area contributed by atoms with Crippen LogP contribution in [0.25, 0.3) is 0 Å². The molecule has 3 rings (SSSR count). The molecule has 0 aliphatic heterocycles. The highest BCUT2D eigenvalue weighted by molar-refractivity contribution is 9.10. The molecule has 138 valence electrons. The fraction of sp³-hybridized carbons (Fsp3) is 0.136. The van der Waals surface area contributed by atoms with Crippen molar-refractivity contribution in [2.75, 3.05) is 5.32 Å². The van der Waals surface area contributed by atoms with E-state index in [9.17, 15) is 9.90 Å². The largest absolute Gasteiger partial charge is 0.508 e. The van der Waals surface area contributed by atoms with Gasteiger partial charge < -0.3 is 9.84 Å². The zero-order valence-corrected chi connectivity index (χ0v) is 16.7. The van der Waals surface area contributed by atoms with E-state index in [2.05, 4.69) is 35.1 Å². The van der Waals surface area contributed by atoms with Gasteiger partial charge in [-0.3, -0.25) is 5.32 Å². The molecule has 2 N–H and O–H groups in total. The first-order valence-electron chi connectivity index (χ1n) is 8.49. The van der Waals surface area contributed by atoms with Crippen LogP contribution in [0.2, 0.25) is 0 Å². The van der Waals surface area contributed by atoms with E-state index in [4.69, 9.17) is 4.74 Å². The maximum atomic E-state index is 12.0. The zero-order valence-electron chi connectivity index (χ0n) is 15.1. The molecule has 0 heterocycles. The molecule has 3 aromatic rings. The number of phenolic OH excluding ortho intramolecular Hbond substituents is 1. The Bertz CT molecular complexity index is 935. The number of hydrogen-bond acceptors (Lipinski definition) is 3. The minimum absolute atomic E-state index is 0.245. The van der Waals surface area contributed by atoms with Gasteiger partial charge in [-0.15, -0.1) is 0 Å². The summed E-state index contributed by atoms with van der Waals surface area (Å²) in [5.74, 6) is 0.715. The van der Waals surface area contributed by atoms with Crippen LogP contribution in [0.1, 0.15) is 25.0 Å². The van der Waals surface area contributed by atoms with Crippen LogP contribution < -0.4 is 10.1 Å². The first-order valence-corrected chi connectivity index (χ1v) is 9.28. The lowest BCUT2D eigenvalue weighted by molar-refractivity contribution is 0.215. The number of benzene rings is 3. The molecule has 0 spiro atoms. The standard InChI is InChI=1S/C22H20BrNO3/c1-22(2,16-4-3-5-19(25)14-16)15-6-10-18(11-7-15)24-21(26)27-20-12-8-17(23)9-13-20/h3-14,25H,1-2H3,(H,24,26). The number of ether oxygens (including phenoxy) is 1. The van der Waals surface area contributed by atoms with Gasteiger partial charge in [-0.1, -0.05) is 54.0 Å². The first kappa shape index (κ1) is 19.0. The SMILES string of the molecule is CC(C)(c1ccc(NC(=O)Oc2ccc(Br)cc2)cc1)c1cccc(O)c1. The smallest absolute Gasteiger partial charge is 0.417 e. The second kappa shape index (κ2) is 7.84. The number of halogens is 1. The van der Waals surface area contributed by atoms with E-state index in [1.54, 1.807) is 36.4 Å². The van der Waals surface area contributed by atoms with E-state index < -0.39 is 6.09 Å². The first-order chi connectivity index (χ1) is 12.8. The molecule has 0 aromatic heterocycles. The minimum atomic E-state index is -0.544. The van der Waals surface area contributed by atoms with Crippen LogP contribution in [0.3, 0.4) is 0 Å². The molecule has 0 saturated heterocycles. The Morgan fingerprint density at radius 3 is 2.26 bits per heavy atom. The van der Waals surface area contributed by atoms with Crippen LogP contribution in [0.4, 0.5) is 10.5 Å². The second-order valence-corrected chi connectivity index (χ2v) is 7.64. The molecule has 0 aliphatic rings. The summed E-state index contributed by atoms with van der Waals surface area (Å²) in [5.41, 5.74) is 2.44. The van der Waals surface area contributed by atoms with Gasteiger partial charge in [0, 0.05) is 15.6 Å². The Labute approximate surface area is 166 Å². The molecule has 5 heteroatoms. The third kappa shape index (κ3) is 4.68. The third-order valence-corrected chi connectivity index (χ3v) is 4.97. The number of amides is 1. The van der Waals surface area contributed by atoms with Crippen molar-refractivity contribution >= 4 is 27.7 Å². The van der Waals surface area contributed by atoms with Gasteiger partial charge in [-0.05, 0) is 59.7 Å². The summed E-state index contributed by atoms with van der Waals surface area (Å²) in [6.07, 6.45) is -0.544. The molecule has 1 amide bonds. The summed E-state index contributed by atoms with van der Waals surface area (Å²) in [6.45, 7) is 4.18. The molecule has 0 aliphatic carbocycles. The number of aromatic hydroxyl groups is 1. The highest BCUT2D eigenvalue weighted by Gasteiger charge is 2.23.